The summed E-state index contributed by atoms with van der Waals surface area (Å²) in [6, 6.07) is 0. The van der Waals surface area contributed by atoms with Gasteiger partial charge in [0.05, 0.1) is 6.61 Å². The van der Waals surface area contributed by atoms with Crippen molar-refractivity contribution in [1.29, 1.82) is 0 Å². The van der Waals surface area contributed by atoms with E-state index in [1.165, 1.54) is 0 Å². The fourth-order valence-corrected chi connectivity index (χ4v) is 0.316. The van der Waals surface area contributed by atoms with Crippen LogP contribution in [0.2, 0.25) is 0 Å². The fourth-order valence-electron chi connectivity index (χ4n) is 0.105. The van der Waals surface area contributed by atoms with Gasteiger partial charge in [-0.25, -0.2) is 5.26 Å². The molecule has 0 aromatic carbocycles. The van der Waals surface area contributed by atoms with Gasteiger partial charge in [0, 0.05) is 27.1 Å². The molecule has 0 aliphatic carbocycles. The maximum absolute atomic E-state index is 9.41. The first-order chi connectivity index (χ1) is 5.04. The van der Waals surface area contributed by atoms with Crippen LogP contribution >= 0.6 is 16.5 Å². The second-order valence-electron chi connectivity index (χ2n) is 0.947. The van der Waals surface area contributed by atoms with E-state index in [1.54, 1.807) is 6.92 Å². The summed E-state index contributed by atoms with van der Waals surface area (Å²) in [7, 11) is -5.64. The Morgan fingerprint density at radius 1 is 1.33 bits per heavy atom. The van der Waals surface area contributed by atoms with E-state index in [4.69, 9.17) is 14.7 Å². The summed E-state index contributed by atoms with van der Waals surface area (Å²) in [6.45, 7) is 1.85. The van der Waals surface area contributed by atoms with Crippen LogP contribution in [0.3, 0.4) is 0 Å². The zero-order valence-electron chi connectivity index (χ0n) is 5.80. The standard InChI is InChI=1S/C2H5O3P.Ag.HO4P/c1-2-5-6(3)4;;1-4-5(2)3/h2H2,1H3;;1H. The first-order valence-corrected chi connectivity index (χ1v) is 4.46. The Morgan fingerprint density at radius 2 is 1.67 bits per heavy atom. The third kappa shape index (κ3) is 30.9. The van der Waals surface area contributed by atoms with E-state index in [1.807, 2.05) is 0 Å². The van der Waals surface area contributed by atoms with Gasteiger partial charge in [0.1, 0.15) is 0 Å². The summed E-state index contributed by atoms with van der Waals surface area (Å²) >= 11 is 0. The predicted octanol–water partition coefficient (Wildman–Crippen LogP) is -0.468. The molecule has 0 spiro atoms. The maximum Gasteiger partial charge on any atom is 0.521 e. The average Bonchev–Trinajstić information content (AvgIpc) is 1.89. The van der Waals surface area contributed by atoms with Crippen LogP contribution in [-0.2, 0) is 40.7 Å². The molecule has 10 heteroatoms. The van der Waals surface area contributed by atoms with Crippen molar-refractivity contribution in [3.63, 3.8) is 0 Å². The van der Waals surface area contributed by atoms with E-state index >= 15 is 0 Å². The Kier molecular flexibility index (Phi) is 22.0. The van der Waals surface area contributed by atoms with E-state index in [2.05, 4.69) is 9.20 Å². The van der Waals surface area contributed by atoms with Crippen molar-refractivity contribution in [3.8, 4) is 0 Å². The Bertz CT molecular complexity index is 129. The van der Waals surface area contributed by atoms with E-state index in [9.17, 15) is 9.46 Å². The molecule has 0 aromatic rings. The fraction of sp³-hybridized carbons (Fsp3) is 1.00. The topological polar surface area (TPSA) is 119 Å². The van der Waals surface area contributed by atoms with Crippen molar-refractivity contribution in [2.75, 3.05) is 6.61 Å². The molecule has 1 radical (unpaired) electrons. The molecule has 0 amide bonds. The monoisotopic (exact) mass is 311 g/mol. The summed E-state index contributed by atoms with van der Waals surface area (Å²) in [5.41, 5.74) is 0. The molecule has 0 aromatic heterocycles. The van der Waals surface area contributed by atoms with Gasteiger partial charge in [-0.3, -0.25) is 0 Å². The predicted molar refractivity (Wildman–Crippen MR) is 30.6 cm³/mol. The van der Waals surface area contributed by atoms with Crippen molar-refractivity contribution in [2.24, 2.45) is 0 Å². The molecule has 0 rings (SSSR count). The molecular formula is C2H6AgO7P2. The molecular weight excluding hydrogens is 306 g/mol. The van der Waals surface area contributed by atoms with Crippen LogP contribution in [-0.4, -0.2) is 11.9 Å². The van der Waals surface area contributed by atoms with Gasteiger partial charge in [-0.15, -0.1) is 4.52 Å². The van der Waals surface area contributed by atoms with Crippen molar-refractivity contribution >= 4 is 16.5 Å². The van der Waals surface area contributed by atoms with Crippen molar-refractivity contribution in [1.82, 2.24) is 0 Å². The van der Waals surface area contributed by atoms with Gasteiger partial charge < -0.3 is 9.79 Å². The van der Waals surface area contributed by atoms with Crippen LogP contribution in [0.5, 0.6) is 0 Å². The second kappa shape index (κ2) is 14.3. The smallest absolute Gasteiger partial charge is 0.521 e. The van der Waals surface area contributed by atoms with Crippen LogP contribution in [0.1, 0.15) is 6.92 Å². The number of hydrogen-bond donors (Lipinski definition) is 1. The molecule has 2 atom stereocenters. The molecule has 0 saturated carbocycles. The van der Waals surface area contributed by atoms with E-state index in [-0.39, 0.29) is 29.0 Å². The molecule has 0 saturated heterocycles. The second-order valence-corrected chi connectivity index (χ2v) is 2.26. The Labute approximate surface area is 86.0 Å². The third-order valence-corrected chi connectivity index (χ3v) is 0.904. The Morgan fingerprint density at radius 3 is 1.67 bits per heavy atom. The number of rotatable bonds is 3. The Balaban J connectivity index is -0.000000126. The van der Waals surface area contributed by atoms with Crippen LogP contribution < -0.4 is 9.79 Å². The van der Waals surface area contributed by atoms with Gasteiger partial charge in [0.2, 0.25) is 0 Å². The van der Waals surface area contributed by atoms with Crippen LogP contribution in [0, 0.1) is 0 Å². The molecule has 7 nitrogen and oxygen atoms in total. The summed E-state index contributed by atoms with van der Waals surface area (Å²) in [5.74, 6) is 0. The van der Waals surface area contributed by atoms with Crippen LogP contribution in [0.4, 0.5) is 0 Å². The summed E-state index contributed by atoms with van der Waals surface area (Å²) in [4.78, 5) is 18.3. The molecule has 77 valence electrons. The SMILES string of the molecule is CCO[P+](=O)[O-].O=[P+]([O-])OO.[Ag]. The molecule has 12 heavy (non-hydrogen) atoms. The minimum atomic E-state index is -3.04. The minimum absolute atomic E-state index is 0. The zero-order chi connectivity index (χ0) is 9.28. The molecule has 1 N–H and O–H groups in total. The molecule has 0 fully saturated rings. The quantitative estimate of drug-likeness (QED) is 0.324. The maximum atomic E-state index is 9.41. The van der Waals surface area contributed by atoms with Crippen LogP contribution in [0.25, 0.3) is 0 Å². The number of hydrogen-bond acceptors (Lipinski definition) is 7. The molecule has 0 heterocycles. The summed E-state index contributed by atoms with van der Waals surface area (Å²) in [5, 5.41) is 7.05. The first-order valence-electron chi connectivity index (χ1n) is 2.27. The van der Waals surface area contributed by atoms with Gasteiger partial charge in [-0.05, 0) is 16.1 Å². The van der Waals surface area contributed by atoms with Gasteiger partial charge >= 0.3 is 16.5 Å². The van der Waals surface area contributed by atoms with Crippen molar-refractivity contribution in [2.45, 2.75) is 6.92 Å². The average molecular weight is 312 g/mol. The van der Waals surface area contributed by atoms with Crippen molar-refractivity contribution < 1.29 is 55.8 Å². The van der Waals surface area contributed by atoms with Gasteiger partial charge in [0.25, 0.3) is 0 Å². The van der Waals surface area contributed by atoms with Gasteiger partial charge in [-0.1, -0.05) is 0 Å². The third-order valence-electron chi connectivity index (χ3n) is 0.301. The summed E-state index contributed by atoms with van der Waals surface area (Å²) in [6.07, 6.45) is 0. The molecule has 0 aliphatic heterocycles. The molecule has 2 unspecified atom stereocenters. The Hall–Kier alpha value is 0.740. The van der Waals surface area contributed by atoms with Crippen molar-refractivity contribution in [3.05, 3.63) is 0 Å². The molecule has 0 bridgehead atoms. The summed E-state index contributed by atoms with van der Waals surface area (Å²) < 4.78 is 25.0. The van der Waals surface area contributed by atoms with E-state index in [0.29, 0.717) is 0 Å². The normalized spacial score (nSPS) is 10.3. The zero-order valence-corrected chi connectivity index (χ0v) is 9.07. The van der Waals surface area contributed by atoms with Gasteiger partial charge in [0.15, 0.2) is 0 Å². The van der Waals surface area contributed by atoms with E-state index < -0.39 is 16.5 Å². The molecule has 0 aliphatic rings. The first kappa shape index (κ1) is 18.5. The van der Waals surface area contributed by atoms with E-state index in [0.717, 1.165) is 0 Å². The van der Waals surface area contributed by atoms with Crippen LogP contribution in [0.15, 0.2) is 0 Å². The largest absolute Gasteiger partial charge is 0.566 e. The van der Waals surface area contributed by atoms with Gasteiger partial charge in [-0.2, -0.15) is 0 Å². The minimum Gasteiger partial charge on any atom is -0.566 e.